The van der Waals surface area contributed by atoms with E-state index in [0.717, 1.165) is 51.4 Å². The summed E-state index contributed by atoms with van der Waals surface area (Å²) in [5.41, 5.74) is 2.21. The molecule has 0 N–H and O–H groups in total. The van der Waals surface area contributed by atoms with Gasteiger partial charge in [0, 0.05) is 45.7 Å². The summed E-state index contributed by atoms with van der Waals surface area (Å²) in [5.74, 6) is 0. The van der Waals surface area contributed by atoms with Gasteiger partial charge in [0.25, 0.3) is 0 Å². The van der Waals surface area contributed by atoms with Crippen molar-refractivity contribution in [2.24, 2.45) is 0 Å². The van der Waals surface area contributed by atoms with Gasteiger partial charge in [-0.3, -0.25) is 0 Å². The van der Waals surface area contributed by atoms with Crippen molar-refractivity contribution >= 4 is 7.94 Å². The second-order valence-corrected chi connectivity index (χ2v) is 11.2. The number of hydrogen-bond donors (Lipinski definition) is 0. The minimum absolute atomic E-state index is 0.785. The molecule has 4 heterocycles. The molecule has 29 heavy (non-hydrogen) atoms. The van der Waals surface area contributed by atoms with Crippen LogP contribution in [0.5, 0.6) is 0 Å². The van der Waals surface area contributed by atoms with Crippen LogP contribution >= 0.6 is 7.94 Å². The first-order valence-electron chi connectivity index (χ1n) is 11.2. The van der Waals surface area contributed by atoms with Crippen LogP contribution in [0.2, 0.25) is 0 Å². The van der Waals surface area contributed by atoms with Crippen molar-refractivity contribution in [3.05, 3.63) is 47.8 Å². The third-order valence-corrected chi connectivity index (χ3v) is 10.1. The summed E-state index contributed by atoms with van der Waals surface area (Å²) in [6.07, 6.45) is 10.4. The Kier molecular flexibility index (Phi) is 5.82. The van der Waals surface area contributed by atoms with Gasteiger partial charge in [0.2, 0.25) is 0 Å². The molecule has 0 atom stereocenters. The summed E-state index contributed by atoms with van der Waals surface area (Å²) >= 11 is 0. The predicted molar refractivity (Wildman–Crippen MR) is 115 cm³/mol. The molecule has 156 valence electrons. The average molecular weight is 416 g/mol. The summed E-state index contributed by atoms with van der Waals surface area (Å²) in [4.78, 5) is 1.68. The van der Waals surface area contributed by atoms with Gasteiger partial charge >= 0.3 is 7.94 Å². The van der Waals surface area contributed by atoms with Crippen molar-refractivity contribution in [1.82, 2.24) is 29.2 Å². The molecular formula is C21H32N6OP+. The third kappa shape index (κ3) is 3.93. The molecule has 1 aromatic carbocycles. The van der Waals surface area contributed by atoms with Gasteiger partial charge in [0.05, 0.1) is 11.9 Å². The molecule has 2 aromatic rings. The van der Waals surface area contributed by atoms with Crippen molar-refractivity contribution in [3.63, 3.8) is 0 Å². The van der Waals surface area contributed by atoms with Crippen LogP contribution in [0, 0.1) is 0 Å². The molecule has 3 aliphatic heterocycles. The fourth-order valence-electron chi connectivity index (χ4n) is 4.89. The first-order chi connectivity index (χ1) is 14.3. The molecule has 1 aromatic heterocycles. The van der Waals surface area contributed by atoms with Crippen molar-refractivity contribution in [1.29, 1.82) is 0 Å². The van der Waals surface area contributed by atoms with Crippen LogP contribution in [0.4, 0.5) is 0 Å². The lowest BCUT2D eigenvalue weighted by Gasteiger charge is -2.39. The maximum atomic E-state index is 6.90. The van der Waals surface area contributed by atoms with Crippen molar-refractivity contribution in [2.45, 2.75) is 44.9 Å². The second-order valence-electron chi connectivity index (χ2n) is 8.35. The quantitative estimate of drug-likeness (QED) is 0.647. The van der Waals surface area contributed by atoms with E-state index in [4.69, 9.17) is 4.62 Å². The molecule has 3 fully saturated rings. The predicted octanol–water partition coefficient (Wildman–Crippen LogP) is 3.26. The zero-order valence-electron chi connectivity index (χ0n) is 17.2. The Morgan fingerprint density at radius 2 is 1.28 bits per heavy atom. The van der Waals surface area contributed by atoms with Gasteiger partial charge in [-0.15, -0.1) is 19.1 Å². The monoisotopic (exact) mass is 415 g/mol. The van der Waals surface area contributed by atoms with E-state index in [1.807, 2.05) is 12.3 Å². The first kappa shape index (κ1) is 19.4. The molecule has 0 unspecified atom stereocenters. The molecule has 7 nitrogen and oxygen atoms in total. The number of rotatable bonds is 7. The van der Waals surface area contributed by atoms with Crippen molar-refractivity contribution < 1.29 is 4.62 Å². The van der Waals surface area contributed by atoms with E-state index in [-0.39, 0.29) is 0 Å². The highest BCUT2D eigenvalue weighted by Gasteiger charge is 2.63. The SMILES string of the molecule is c1ccc(Cc2cn(O[P+](N3CCCC3)(N3CCCC3)N3CCCC3)nn2)cc1. The van der Waals surface area contributed by atoms with Gasteiger partial charge < -0.3 is 0 Å². The number of hydrogen-bond acceptors (Lipinski definition) is 6. The smallest absolute Gasteiger partial charge is 0.184 e. The fraction of sp³-hybridized carbons (Fsp3) is 0.619. The molecule has 8 heteroatoms. The van der Waals surface area contributed by atoms with Crippen LogP contribution < -0.4 is 4.62 Å². The van der Waals surface area contributed by atoms with Gasteiger partial charge in [-0.05, 0) is 54.1 Å². The Bertz CT molecular complexity index is 741. The number of aromatic nitrogens is 3. The Balaban J connectivity index is 1.43. The summed E-state index contributed by atoms with van der Waals surface area (Å²) in [5, 5.41) is 8.83. The van der Waals surface area contributed by atoms with Crippen molar-refractivity contribution in [2.75, 3.05) is 39.3 Å². The standard InChI is InChI=1S/C21H32N6OP/c1-2-10-20(11-3-1)18-21-19-27(23-22-21)28-29(24-12-4-5-13-24,25-14-6-7-15-25)26-16-8-9-17-26/h1-3,10-11,19H,4-9,12-18H2/q+1. The first-order valence-corrected chi connectivity index (χ1v) is 12.7. The van der Waals surface area contributed by atoms with Crippen molar-refractivity contribution in [3.8, 4) is 0 Å². The number of nitrogens with zero attached hydrogens (tertiary/aromatic N) is 6. The lowest BCUT2D eigenvalue weighted by Crippen LogP contribution is -2.47. The van der Waals surface area contributed by atoms with E-state index in [0.29, 0.717) is 0 Å². The normalized spacial score (nSPS) is 21.9. The largest absolute Gasteiger partial charge is 0.451 e. The van der Waals surface area contributed by atoms with Crippen LogP contribution in [0.3, 0.4) is 0 Å². The van der Waals surface area contributed by atoms with E-state index >= 15 is 0 Å². The highest BCUT2D eigenvalue weighted by Crippen LogP contribution is 2.68. The van der Waals surface area contributed by atoms with Gasteiger partial charge in [0.15, 0.2) is 0 Å². The molecule has 3 aliphatic rings. The number of benzene rings is 1. The average Bonchev–Trinajstić information content (AvgIpc) is 3.56. The fourth-order valence-corrected chi connectivity index (χ4v) is 8.99. The summed E-state index contributed by atoms with van der Waals surface area (Å²) in [6, 6.07) is 10.5. The molecule has 3 saturated heterocycles. The molecule has 0 amide bonds. The molecule has 0 radical (unpaired) electrons. The zero-order chi connectivity index (χ0) is 19.5. The highest BCUT2D eigenvalue weighted by molar-refractivity contribution is 7.64. The third-order valence-electron chi connectivity index (χ3n) is 6.29. The Morgan fingerprint density at radius 1 is 0.759 bits per heavy atom. The van der Waals surface area contributed by atoms with Gasteiger partial charge in [-0.25, -0.2) is 0 Å². The molecule has 0 spiro atoms. The van der Waals surface area contributed by atoms with E-state index in [2.05, 4.69) is 48.6 Å². The molecule has 0 aliphatic carbocycles. The highest BCUT2D eigenvalue weighted by atomic mass is 31.2. The van der Waals surface area contributed by atoms with Crippen LogP contribution in [0.25, 0.3) is 0 Å². The van der Waals surface area contributed by atoms with Crippen LogP contribution in [-0.4, -0.2) is 68.4 Å². The van der Waals surface area contributed by atoms with Gasteiger partial charge in [0.1, 0.15) is 0 Å². The Morgan fingerprint density at radius 3 is 1.79 bits per heavy atom. The van der Waals surface area contributed by atoms with Crippen LogP contribution in [0.15, 0.2) is 36.5 Å². The van der Waals surface area contributed by atoms with E-state index in [1.165, 1.54) is 44.1 Å². The van der Waals surface area contributed by atoms with Crippen LogP contribution in [-0.2, 0) is 6.42 Å². The molecule has 0 bridgehead atoms. The summed E-state index contributed by atoms with van der Waals surface area (Å²) in [7, 11) is -2.07. The topological polar surface area (TPSA) is 49.7 Å². The minimum Gasteiger partial charge on any atom is -0.184 e. The second kappa shape index (κ2) is 8.68. The molecule has 0 saturated carbocycles. The lowest BCUT2D eigenvalue weighted by molar-refractivity contribution is 0.161. The minimum atomic E-state index is -2.07. The van der Waals surface area contributed by atoms with E-state index < -0.39 is 7.94 Å². The van der Waals surface area contributed by atoms with E-state index in [9.17, 15) is 0 Å². The van der Waals surface area contributed by atoms with E-state index in [1.54, 1.807) is 4.85 Å². The van der Waals surface area contributed by atoms with Crippen LogP contribution in [0.1, 0.15) is 49.8 Å². The van der Waals surface area contributed by atoms with Gasteiger partial charge in [-0.1, -0.05) is 30.3 Å². The summed E-state index contributed by atoms with van der Waals surface area (Å²) in [6.45, 7) is 6.79. The Labute approximate surface area is 174 Å². The maximum Gasteiger partial charge on any atom is 0.451 e. The lowest BCUT2D eigenvalue weighted by atomic mass is 10.1. The zero-order valence-corrected chi connectivity index (χ0v) is 18.1. The van der Waals surface area contributed by atoms with Gasteiger partial charge in [-0.2, -0.15) is 4.62 Å². The maximum absolute atomic E-state index is 6.90. The molecule has 5 rings (SSSR count). The Hall–Kier alpha value is -1.53. The summed E-state index contributed by atoms with van der Waals surface area (Å²) < 4.78 is 14.9. The molecular weight excluding hydrogens is 383 g/mol.